The Morgan fingerprint density at radius 3 is 2.31 bits per heavy atom. The van der Waals surface area contributed by atoms with Crippen molar-refractivity contribution in [1.29, 1.82) is 0 Å². The van der Waals surface area contributed by atoms with Crippen LogP contribution in [0.4, 0.5) is 24.5 Å². The summed E-state index contributed by atoms with van der Waals surface area (Å²) in [6, 6.07) is 11.9. The van der Waals surface area contributed by atoms with Crippen molar-refractivity contribution in [2.24, 2.45) is 0 Å². The number of carbonyl (C=O) groups is 1. The summed E-state index contributed by atoms with van der Waals surface area (Å²) in [5, 5.41) is 9.92. The molecule has 0 unspecified atom stereocenters. The van der Waals surface area contributed by atoms with Gasteiger partial charge in [0.2, 0.25) is 10.9 Å². The number of benzene rings is 3. The highest BCUT2D eigenvalue weighted by Crippen LogP contribution is 2.49. The van der Waals surface area contributed by atoms with E-state index in [9.17, 15) is 27.1 Å². The summed E-state index contributed by atoms with van der Waals surface area (Å²) < 4.78 is 78.3. The number of thiol groups is 1. The summed E-state index contributed by atoms with van der Waals surface area (Å²) >= 11 is 0. The molecule has 4 aromatic rings. The predicted octanol–water partition coefficient (Wildman–Crippen LogP) is 6.02. The van der Waals surface area contributed by atoms with Gasteiger partial charge >= 0.3 is 12.3 Å². The van der Waals surface area contributed by atoms with E-state index in [1.54, 1.807) is 32.9 Å². The fraction of sp³-hybridized carbons (Fsp3) is 0.185. The van der Waals surface area contributed by atoms with Crippen LogP contribution in [0.15, 0.2) is 60.8 Å². The van der Waals surface area contributed by atoms with E-state index >= 15 is 4.39 Å². The molecule has 3 aromatic carbocycles. The van der Waals surface area contributed by atoms with Crippen LogP contribution < -0.4 is 13.8 Å². The Bertz CT molecular complexity index is 1730. The zero-order valence-corrected chi connectivity index (χ0v) is 21.6. The lowest BCUT2D eigenvalue weighted by molar-refractivity contribution is -0.286. The molecule has 0 fully saturated rings. The molecule has 0 atom stereocenters. The molecule has 1 aliphatic rings. The summed E-state index contributed by atoms with van der Waals surface area (Å²) in [6.45, 7) is 5.40. The second-order valence-electron chi connectivity index (χ2n) is 9.81. The van der Waals surface area contributed by atoms with Crippen molar-refractivity contribution in [1.82, 2.24) is 4.98 Å². The Labute approximate surface area is 222 Å². The monoisotopic (exact) mass is 558 g/mol. The molecular formula is C27H21F3N2O6S. The first-order chi connectivity index (χ1) is 18.3. The molecule has 1 aromatic heterocycles. The first-order valence-corrected chi connectivity index (χ1v) is 12.7. The van der Waals surface area contributed by atoms with Crippen molar-refractivity contribution in [2.45, 2.75) is 32.5 Å². The van der Waals surface area contributed by atoms with E-state index in [0.29, 0.717) is 10.9 Å². The van der Waals surface area contributed by atoms with Gasteiger partial charge in [-0.1, -0.05) is 39.0 Å². The quantitative estimate of drug-likeness (QED) is 0.289. The Balaban J connectivity index is 1.80. The minimum Gasteiger partial charge on any atom is -0.478 e. The van der Waals surface area contributed by atoms with Gasteiger partial charge in [-0.25, -0.2) is 21.9 Å². The first-order valence-electron chi connectivity index (χ1n) is 11.6. The Morgan fingerprint density at radius 1 is 1.00 bits per heavy atom. The number of hydrogen-bond donors (Lipinski definition) is 2. The number of fused-ring (bicyclic) bond motifs is 2. The lowest BCUT2D eigenvalue weighted by atomic mass is 9.86. The van der Waals surface area contributed by atoms with Gasteiger partial charge in [0.15, 0.2) is 11.5 Å². The number of rotatable bonds is 5. The lowest BCUT2D eigenvalue weighted by Gasteiger charge is -2.25. The Kier molecular flexibility index (Phi) is 6.17. The van der Waals surface area contributed by atoms with E-state index in [1.807, 2.05) is 0 Å². The zero-order chi connectivity index (χ0) is 28.3. The van der Waals surface area contributed by atoms with E-state index in [1.165, 1.54) is 36.5 Å². The molecule has 8 nitrogen and oxygen atoms in total. The van der Waals surface area contributed by atoms with Crippen molar-refractivity contribution in [3.05, 3.63) is 77.7 Å². The van der Waals surface area contributed by atoms with Crippen LogP contribution in [0.2, 0.25) is 0 Å². The second kappa shape index (κ2) is 9.16. The number of anilines is 2. The number of aromatic carboxylic acids is 1. The number of carboxylic acid groups (broad SMARTS) is 1. The molecule has 2 heterocycles. The van der Waals surface area contributed by atoms with Crippen LogP contribution in [-0.2, 0) is 16.3 Å². The highest BCUT2D eigenvalue weighted by atomic mass is 32.2. The molecule has 12 heteroatoms. The third-order valence-corrected chi connectivity index (χ3v) is 6.98. The lowest BCUT2D eigenvalue weighted by Crippen LogP contribution is -2.25. The maximum Gasteiger partial charge on any atom is 0.586 e. The SMILES string of the molecule is CC(C)(C)c1ccc(N(c2cc3c(cc2-c2ccc(C(=O)O)c4ncccc24)OC(F)(F)O3)[SH](=O)=O)cc1F. The number of ether oxygens (including phenoxy) is 2. The minimum atomic E-state index is -4.00. The van der Waals surface area contributed by atoms with E-state index in [2.05, 4.69) is 14.5 Å². The molecule has 1 aliphatic heterocycles. The number of alkyl halides is 2. The van der Waals surface area contributed by atoms with E-state index < -0.39 is 40.1 Å². The van der Waals surface area contributed by atoms with Crippen LogP contribution in [0.25, 0.3) is 22.0 Å². The van der Waals surface area contributed by atoms with Crippen LogP contribution in [0.5, 0.6) is 11.5 Å². The molecule has 0 aliphatic carbocycles. The molecule has 39 heavy (non-hydrogen) atoms. The third-order valence-electron chi connectivity index (χ3n) is 6.21. The Morgan fingerprint density at radius 2 is 1.69 bits per heavy atom. The first kappa shape index (κ1) is 26.3. The fourth-order valence-corrected chi connectivity index (χ4v) is 5.18. The highest BCUT2D eigenvalue weighted by molar-refractivity contribution is 7.74. The molecule has 0 saturated carbocycles. The van der Waals surface area contributed by atoms with Gasteiger partial charge < -0.3 is 14.6 Å². The number of aromatic nitrogens is 1. The number of halogens is 3. The van der Waals surface area contributed by atoms with Crippen molar-refractivity contribution < 1.29 is 41.0 Å². The second-order valence-corrected chi connectivity index (χ2v) is 10.7. The summed E-state index contributed by atoms with van der Waals surface area (Å²) in [6.07, 6.45) is -2.61. The maximum absolute atomic E-state index is 15.1. The third kappa shape index (κ3) is 4.71. The topological polar surface area (TPSA) is 106 Å². The van der Waals surface area contributed by atoms with Crippen LogP contribution >= 0.6 is 0 Å². The minimum absolute atomic E-state index is 0.0736. The largest absolute Gasteiger partial charge is 0.586 e. The average molecular weight is 559 g/mol. The zero-order valence-electron chi connectivity index (χ0n) is 20.7. The summed E-state index contributed by atoms with van der Waals surface area (Å²) in [4.78, 5) is 15.9. The van der Waals surface area contributed by atoms with Crippen molar-refractivity contribution in [3.8, 4) is 22.6 Å². The van der Waals surface area contributed by atoms with Crippen molar-refractivity contribution >= 4 is 39.1 Å². The molecule has 202 valence electrons. The summed E-state index contributed by atoms with van der Waals surface area (Å²) in [7, 11) is -3.49. The maximum atomic E-state index is 15.1. The fourth-order valence-electron chi connectivity index (χ4n) is 4.52. The van der Waals surface area contributed by atoms with Gasteiger partial charge in [0.05, 0.1) is 22.5 Å². The standard InChI is InChI=1S/C27H21F3N2O6S/c1-26(2,3)19-9-6-14(11-20(19)28)32(39(35)36)21-13-23-22(37-27(29,30)38-23)12-18(21)15-7-8-17(25(33)34)24-16(15)5-4-10-31-24/h4-13,39H,1-3H3,(H,33,34). The number of pyridine rings is 1. The predicted molar refractivity (Wildman–Crippen MR) is 138 cm³/mol. The van der Waals surface area contributed by atoms with Gasteiger partial charge in [0.25, 0.3) is 0 Å². The van der Waals surface area contributed by atoms with E-state index in [4.69, 9.17) is 0 Å². The highest BCUT2D eigenvalue weighted by Gasteiger charge is 2.44. The Hall–Kier alpha value is -4.32. The molecule has 0 spiro atoms. The van der Waals surface area contributed by atoms with Gasteiger partial charge in [-0.05, 0) is 46.9 Å². The summed E-state index contributed by atoms with van der Waals surface area (Å²) in [5.41, 5.74) is -0.141. The van der Waals surface area contributed by atoms with E-state index in [-0.39, 0.29) is 39.3 Å². The normalized spacial score (nSPS) is 14.1. The van der Waals surface area contributed by atoms with Crippen LogP contribution in [0, 0.1) is 5.82 Å². The van der Waals surface area contributed by atoms with Gasteiger partial charge in [-0.15, -0.1) is 8.78 Å². The van der Waals surface area contributed by atoms with Gasteiger partial charge in [-0.3, -0.25) is 4.98 Å². The van der Waals surface area contributed by atoms with Gasteiger partial charge in [-0.2, -0.15) is 0 Å². The van der Waals surface area contributed by atoms with Gasteiger partial charge in [0.1, 0.15) is 5.82 Å². The van der Waals surface area contributed by atoms with Gasteiger partial charge in [0, 0.05) is 23.2 Å². The number of carboxylic acids is 1. The van der Waals surface area contributed by atoms with Crippen molar-refractivity contribution in [2.75, 3.05) is 4.31 Å². The average Bonchev–Trinajstić information content (AvgIpc) is 3.14. The van der Waals surface area contributed by atoms with E-state index in [0.717, 1.165) is 16.4 Å². The molecule has 0 bridgehead atoms. The van der Waals surface area contributed by atoms with Crippen molar-refractivity contribution in [3.63, 3.8) is 0 Å². The molecule has 5 rings (SSSR count). The van der Waals surface area contributed by atoms with Crippen LogP contribution in [0.1, 0.15) is 36.7 Å². The van der Waals surface area contributed by atoms with Crippen LogP contribution in [-0.4, -0.2) is 30.8 Å². The summed E-state index contributed by atoms with van der Waals surface area (Å²) in [5.74, 6) is -2.70. The molecule has 1 N–H and O–H groups in total. The smallest absolute Gasteiger partial charge is 0.478 e. The molecule has 0 amide bonds. The van der Waals surface area contributed by atoms with Crippen LogP contribution in [0.3, 0.4) is 0 Å². The molecular weight excluding hydrogens is 537 g/mol. The number of nitrogens with zero attached hydrogens (tertiary/aromatic N) is 2. The molecule has 0 saturated heterocycles. The molecule has 0 radical (unpaired) electrons. The number of hydrogen-bond acceptors (Lipinski definition) is 6.